The fourth-order valence-corrected chi connectivity index (χ4v) is 3.73. The topological polar surface area (TPSA) is 52.7 Å². The molecule has 0 spiro atoms. The number of rotatable bonds is 2. The maximum Gasteiger partial charge on any atom is 0.329 e. The number of anilines is 3. The number of nitrogens with zero attached hydrogens (tertiary/aromatic N) is 2. The van der Waals surface area contributed by atoms with Gasteiger partial charge >= 0.3 is 6.03 Å². The minimum Gasteiger partial charge on any atom is -0.322 e. The van der Waals surface area contributed by atoms with Crippen molar-refractivity contribution >= 4 is 29.0 Å². The molecule has 2 heterocycles. The summed E-state index contributed by atoms with van der Waals surface area (Å²) in [5.41, 5.74) is 3.60. The second-order valence-electron chi connectivity index (χ2n) is 6.49. The quantitative estimate of drug-likeness (QED) is 0.907. The lowest BCUT2D eigenvalue weighted by molar-refractivity contribution is -0.117. The Morgan fingerprint density at radius 3 is 2.64 bits per heavy atom. The van der Waals surface area contributed by atoms with E-state index >= 15 is 0 Å². The van der Waals surface area contributed by atoms with Gasteiger partial charge in [0.1, 0.15) is 6.04 Å². The predicted octanol–water partition coefficient (Wildman–Crippen LogP) is 3.80. The van der Waals surface area contributed by atoms with Crippen LogP contribution in [0.15, 0.2) is 48.5 Å². The van der Waals surface area contributed by atoms with Crippen molar-refractivity contribution in [1.82, 2.24) is 0 Å². The molecule has 1 N–H and O–H groups in total. The summed E-state index contributed by atoms with van der Waals surface area (Å²) >= 11 is 0. The third-order valence-corrected chi connectivity index (χ3v) is 4.92. The van der Waals surface area contributed by atoms with Crippen molar-refractivity contribution in [3.05, 3.63) is 54.1 Å². The number of para-hydroxylation sites is 3. The molecular formula is C20H21N3O2. The molecule has 5 heteroatoms. The molecule has 0 aromatic heterocycles. The van der Waals surface area contributed by atoms with Crippen molar-refractivity contribution in [2.75, 3.05) is 21.7 Å². The highest BCUT2D eigenvalue weighted by atomic mass is 16.2. The van der Waals surface area contributed by atoms with Crippen molar-refractivity contribution in [1.29, 1.82) is 0 Å². The molecule has 0 saturated carbocycles. The molecule has 2 aliphatic heterocycles. The molecule has 0 aliphatic carbocycles. The molecular weight excluding hydrogens is 314 g/mol. The van der Waals surface area contributed by atoms with Crippen LogP contribution in [0.3, 0.4) is 0 Å². The number of fused-ring (bicyclic) bond motifs is 2. The first-order valence-electron chi connectivity index (χ1n) is 8.79. The van der Waals surface area contributed by atoms with Crippen LogP contribution in [0.1, 0.15) is 25.3 Å². The summed E-state index contributed by atoms with van der Waals surface area (Å²) in [6.07, 6.45) is 2.32. The van der Waals surface area contributed by atoms with Crippen LogP contribution in [0.25, 0.3) is 0 Å². The maximum absolute atomic E-state index is 13.4. The van der Waals surface area contributed by atoms with Gasteiger partial charge in [-0.1, -0.05) is 43.7 Å². The number of carbonyl (C=O) groups excluding carboxylic acids is 2. The van der Waals surface area contributed by atoms with Gasteiger partial charge < -0.3 is 5.32 Å². The van der Waals surface area contributed by atoms with Gasteiger partial charge in [0.25, 0.3) is 0 Å². The Morgan fingerprint density at radius 1 is 1.12 bits per heavy atom. The predicted molar refractivity (Wildman–Crippen MR) is 99.1 cm³/mol. The van der Waals surface area contributed by atoms with Gasteiger partial charge in [0.05, 0.1) is 11.4 Å². The van der Waals surface area contributed by atoms with E-state index in [9.17, 15) is 9.59 Å². The third-order valence-electron chi connectivity index (χ3n) is 4.92. The summed E-state index contributed by atoms with van der Waals surface area (Å²) in [7, 11) is 0. The van der Waals surface area contributed by atoms with Gasteiger partial charge in [-0.25, -0.2) is 4.79 Å². The fraction of sp³-hybridized carbons (Fsp3) is 0.300. The van der Waals surface area contributed by atoms with Gasteiger partial charge in [0.2, 0.25) is 5.91 Å². The smallest absolute Gasteiger partial charge is 0.322 e. The number of hydrogen-bond acceptors (Lipinski definition) is 2. The first-order valence-corrected chi connectivity index (χ1v) is 8.79. The molecule has 0 fully saturated rings. The largest absolute Gasteiger partial charge is 0.329 e. The summed E-state index contributed by atoms with van der Waals surface area (Å²) in [6, 6.07) is 14.9. The Bertz CT molecular complexity index is 833. The van der Waals surface area contributed by atoms with Crippen molar-refractivity contribution in [2.45, 2.75) is 32.2 Å². The molecule has 0 unspecified atom stereocenters. The molecule has 128 valence electrons. The van der Waals surface area contributed by atoms with Crippen LogP contribution in [0, 0.1) is 0 Å². The molecule has 0 saturated heterocycles. The van der Waals surface area contributed by atoms with Gasteiger partial charge in [-0.2, -0.15) is 0 Å². The SMILES string of the molecule is CCC[C@H]1C(=O)Nc2ccccc2N1C(=O)N1CCc2ccccc21. The van der Waals surface area contributed by atoms with Crippen LogP contribution >= 0.6 is 0 Å². The summed E-state index contributed by atoms with van der Waals surface area (Å²) in [5, 5.41) is 2.94. The Kier molecular flexibility index (Phi) is 3.92. The average molecular weight is 335 g/mol. The Hall–Kier alpha value is -2.82. The molecule has 0 radical (unpaired) electrons. The van der Waals surface area contributed by atoms with Gasteiger partial charge in [-0.3, -0.25) is 14.6 Å². The number of hydrogen-bond donors (Lipinski definition) is 1. The lowest BCUT2D eigenvalue weighted by Crippen LogP contribution is -2.55. The minimum absolute atomic E-state index is 0.110. The zero-order valence-electron chi connectivity index (χ0n) is 14.2. The number of amides is 3. The summed E-state index contributed by atoms with van der Waals surface area (Å²) in [6.45, 7) is 2.68. The third kappa shape index (κ3) is 2.56. The van der Waals surface area contributed by atoms with E-state index in [1.807, 2.05) is 49.4 Å². The maximum atomic E-state index is 13.4. The second-order valence-corrected chi connectivity index (χ2v) is 6.49. The van der Waals surface area contributed by atoms with E-state index in [4.69, 9.17) is 0 Å². The number of urea groups is 1. The van der Waals surface area contributed by atoms with Gasteiger partial charge in [-0.05, 0) is 36.6 Å². The van der Waals surface area contributed by atoms with Crippen molar-refractivity contribution in [3.63, 3.8) is 0 Å². The lowest BCUT2D eigenvalue weighted by atomic mass is 10.0. The van der Waals surface area contributed by atoms with Crippen LogP contribution < -0.4 is 15.1 Å². The summed E-state index contributed by atoms with van der Waals surface area (Å²) in [4.78, 5) is 29.5. The monoisotopic (exact) mass is 335 g/mol. The first kappa shape index (κ1) is 15.7. The summed E-state index contributed by atoms with van der Waals surface area (Å²) in [5.74, 6) is -0.110. The molecule has 2 aliphatic rings. The lowest BCUT2D eigenvalue weighted by Gasteiger charge is -2.38. The molecule has 1 atom stereocenters. The highest BCUT2D eigenvalue weighted by Crippen LogP contribution is 2.36. The number of benzene rings is 2. The molecule has 2 aromatic rings. The van der Waals surface area contributed by atoms with E-state index < -0.39 is 6.04 Å². The Morgan fingerprint density at radius 2 is 1.84 bits per heavy atom. The molecule has 25 heavy (non-hydrogen) atoms. The van der Waals surface area contributed by atoms with Crippen LogP contribution in [-0.2, 0) is 11.2 Å². The average Bonchev–Trinajstić information content (AvgIpc) is 3.06. The van der Waals surface area contributed by atoms with Crippen LogP contribution in [-0.4, -0.2) is 24.5 Å². The van der Waals surface area contributed by atoms with Gasteiger partial charge in [-0.15, -0.1) is 0 Å². The molecule has 3 amide bonds. The highest BCUT2D eigenvalue weighted by Gasteiger charge is 2.39. The zero-order valence-corrected chi connectivity index (χ0v) is 14.2. The normalized spacial score (nSPS) is 18.6. The first-order chi connectivity index (χ1) is 12.2. The highest BCUT2D eigenvalue weighted by molar-refractivity contribution is 6.15. The second kappa shape index (κ2) is 6.24. The molecule has 4 rings (SSSR count). The van der Waals surface area contributed by atoms with Crippen molar-refractivity contribution in [2.24, 2.45) is 0 Å². The Labute approximate surface area is 147 Å². The van der Waals surface area contributed by atoms with Crippen molar-refractivity contribution < 1.29 is 9.59 Å². The van der Waals surface area contributed by atoms with E-state index in [0.29, 0.717) is 18.7 Å². The van der Waals surface area contributed by atoms with Crippen LogP contribution in [0.4, 0.5) is 21.9 Å². The van der Waals surface area contributed by atoms with E-state index in [2.05, 4.69) is 11.4 Å². The number of nitrogens with one attached hydrogen (secondary N) is 1. The van der Waals surface area contributed by atoms with Gasteiger partial charge in [0.15, 0.2) is 0 Å². The molecule has 0 bridgehead atoms. The minimum atomic E-state index is -0.472. The van der Waals surface area contributed by atoms with Crippen LogP contribution in [0.2, 0.25) is 0 Å². The van der Waals surface area contributed by atoms with Crippen LogP contribution in [0.5, 0.6) is 0 Å². The number of carbonyl (C=O) groups is 2. The van der Waals surface area contributed by atoms with E-state index in [1.54, 1.807) is 9.80 Å². The van der Waals surface area contributed by atoms with Crippen molar-refractivity contribution in [3.8, 4) is 0 Å². The zero-order chi connectivity index (χ0) is 17.4. The van der Waals surface area contributed by atoms with Gasteiger partial charge in [0, 0.05) is 12.2 Å². The fourth-order valence-electron chi connectivity index (χ4n) is 3.73. The standard InChI is InChI=1S/C20H21N3O2/c1-2-7-18-19(24)21-15-9-4-6-11-17(15)23(18)20(25)22-13-12-14-8-3-5-10-16(14)22/h3-6,8-11,18H,2,7,12-13H2,1H3,(H,21,24)/t18-/m0/s1. The van der Waals surface area contributed by atoms with E-state index in [0.717, 1.165) is 24.2 Å². The molecule has 5 nitrogen and oxygen atoms in total. The Balaban J connectivity index is 1.76. The molecule has 2 aromatic carbocycles. The van der Waals surface area contributed by atoms with E-state index in [1.165, 1.54) is 5.56 Å². The van der Waals surface area contributed by atoms with E-state index in [-0.39, 0.29) is 11.9 Å². The summed E-state index contributed by atoms with van der Waals surface area (Å²) < 4.78 is 0.